The van der Waals surface area contributed by atoms with Crippen molar-refractivity contribution in [3.05, 3.63) is 172 Å². The number of benzene rings is 3. The van der Waals surface area contributed by atoms with Crippen LogP contribution in [0.2, 0.25) is 5.02 Å². The Morgan fingerprint density at radius 3 is 1.98 bits per heavy atom. The van der Waals surface area contributed by atoms with Crippen LogP contribution in [0.5, 0.6) is 11.5 Å². The van der Waals surface area contributed by atoms with E-state index in [4.69, 9.17) is 21.1 Å². The number of aryl methyl sites for hydroxylation is 3. The van der Waals surface area contributed by atoms with E-state index >= 15 is 0 Å². The van der Waals surface area contributed by atoms with Gasteiger partial charge in [0, 0.05) is 65.6 Å². The number of nitrogens with zero attached hydrogens (tertiary/aromatic N) is 3. The molecule has 0 aliphatic carbocycles. The van der Waals surface area contributed by atoms with E-state index in [2.05, 4.69) is 31.4 Å². The zero-order valence-corrected chi connectivity index (χ0v) is 32.1. The summed E-state index contributed by atoms with van der Waals surface area (Å²) in [7, 11) is 1.52. The van der Waals surface area contributed by atoms with Gasteiger partial charge in [0.15, 0.2) is 0 Å². The standard InChI is InChI=1S/C22H19ClF2N2O3.C17H14BrF2N3O2/c1-12-4-5-14(21(28)26-3)9-18(12)27-13(2)8-19(20(23)22(27)29)30-11-15-6-7-16(24)10-17(15)25;1-10-6-15(25-9-11-2-3-12(19)7-14(11)20)16(18)17(24)23(10)8-13-4-5-21-22-13/h4-10H,11H2,1-3H3,(H,26,28);2-7H,8-9H2,1H3,(H,21,22). The first-order valence-corrected chi connectivity index (χ1v) is 17.6. The van der Waals surface area contributed by atoms with E-state index in [-0.39, 0.29) is 51.1 Å². The first-order valence-electron chi connectivity index (χ1n) is 16.4. The summed E-state index contributed by atoms with van der Waals surface area (Å²) >= 11 is 9.48. The molecular weight excluding hydrogens is 810 g/mol. The molecule has 0 fully saturated rings. The van der Waals surface area contributed by atoms with Crippen molar-refractivity contribution in [3.8, 4) is 17.2 Å². The number of pyridine rings is 2. The lowest BCUT2D eigenvalue weighted by atomic mass is 10.1. The highest BCUT2D eigenvalue weighted by Crippen LogP contribution is 2.27. The van der Waals surface area contributed by atoms with Gasteiger partial charge in [0.25, 0.3) is 17.0 Å². The summed E-state index contributed by atoms with van der Waals surface area (Å²) in [5.41, 5.74) is 3.17. The van der Waals surface area contributed by atoms with Crippen molar-refractivity contribution >= 4 is 33.4 Å². The molecule has 1 amide bonds. The Kier molecular flexibility index (Phi) is 13.0. The zero-order valence-electron chi connectivity index (χ0n) is 29.8. The minimum atomic E-state index is -0.752. The lowest BCUT2D eigenvalue weighted by Gasteiger charge is -2.17. The van der Waals surface area contributed by atoms with Gasteiger partial charge < -0.3 is 19.4 Å². The summed E-state index contributed by atoms with van der Waals surface area (Å²) in [4.78, 5) is 37.5. The fourth-order valence-electron chi connectivity index (χ4n) is 5.37. The topological polar surface area (TPSA) is 120 Å². The normalized spacial score (nSPS) is 10.8. The predicted octanol–water partition coefficient (Wildman–Crippen LogP) is 7.87. The minimum Gasteiger partial charge on any atom is -0.487 e. The number of halogens is 6. The molecule has 286 valence electrons. The van der Waals surface area contributed by atoms with Gasteiger partial charge in [-0.05, 0) is 84.7 Å². The van der Waals surface area contributed by atoms with Gasteiger partial charge in [-0.25, -0.2) is 17.6 Å². The molecule has 0 aliphatic heterocycles. The van der Waals surface area contributed by atoms with E-state index in [1.54, 1.807) is 61.0 Å². The molecule has 0 spiro atoms. The molecule has 0 radical (unpaired) electrons. The Morgan fingerprint density at radius 2 is 1.42 bits per heavy atom. The Balaban J connectivity index is 0.000000214. The SMILES string of the molecule is CNC(=O)c1ccc(C)c(-n2c(C)cc(OCc3ccc(F)cc3F)c(Cl)c2=O)c1.Cc1cc(OCc2ccc(F)cc2F)c(Br)c(=O)n1Cc1ccn[nH]1. The van der Waals surface area contributed by atoms with Gasteiger partial charge in [-0.1, -0.05) is 17.7 Å². The fourth-order valence-corrected chi connectivity index (χ4v) is 6.01. The number of carbonyl (C=O) groups excluding carboxylic acids is 1. The molecule has 0 atom stereocenters. The van der Waals surface area contributed by atoms with Gasteiger partial charge >= 0.3 is 0 Å². The molecule has 3 aromatic heterocycles. The third-order valence-corrected chi connectivity index (χ3v) is 9.42. The van der Waals surface area contributed by atoms with Crippen LogP contribution in [0, 0.1) is 44.0 Å². The average molecular weight is 843 g/mol. The first kappa shape index (κ1) is 40.5. The maximum atomic E-state index is 13.8. The van der Waals surface area contributed by atoms with E-state index in [1.807, 2.05) is 6.92 Å². The number of hydrogen-bond donors (Lipinski definition) is 2. The van der Waals surface area contributed by atoms with Crippen molar-refractivity contribution in [1.82, 2.24) is 24.6 Å². The molecule has 0 saturated heterocycles. The maximum absolute atomic E-state index is 13.8. The number of nitrogens with one attached hydrogen (secondary N) is 2. The Labute approximate surface area is 325 Å². The van der Waals surface area contributed by atoms with Crippen molar-refractivity contribution in [2.45, 2.75) is 40.5 Å². The summed E-state index contributed by atoms with van der Waals surface area (Å²) in [5.74, 6) is -2.69. The van der Waals surface area contributed by atoms with Gasteiger partial charge in [0.2, 0.25) is 0 Å². The second-order valence-electron chi connectivity index (χ2n) is 12.2. The Morgan fingerprint density at radius 1 is 0.818 bits per heavy atom. The number of aromatic nitrogens is 4. The molecule has 6 aromatic rings. The smallest absolute Gasteiger partial charge is 0.277 e. The van der Waals surface area contributed by atoms with Crippen LogP contribution in [0.1, 0.15) is 44.1 Å². The Hall–Kier alpha value is -5.67. The summed E-state index contributed by atoms with van der Waals surface area (Å²) in [6.07, 6.45) is 1.61. The summed E-state index contributed by atoms with van der Waals surface area (Å²) in [6.45, 7) is 5.28. The fraction of sp³-hybridized carbons (Fsp3) is 0.179. The van der Waals surface area contributed by atoms with Crippen LogP contribution in [-0.2, 0) is 19.8 Å². The molecule has 16 heteroatoms. The van der Waals surface area contributed by atoms with E-state index in [1.165, 1.54) is 23.7 Å². The third kappa shape index (κ3) is 9.53. The number of ether oxygens (including phenoxy) is 2. The van der Waals surface area contributed by atoms with Crippen LogP contribution in [0.4, 0.5) is 17.6 Å². The van der Waals surface area contributed by atoms with Gasteiger partial charge in [0.05, 0.1) is 17.9 Å². The zero-order chi connectivity index (χ0) is 40.0. The van der Waals surface area contributed by atoms with Crippen LogP contribution in [0.3, 0.4) is 0 Å². The second-order valence-corrected chi connectivity index (χ2v) is 13.3. The number of hydrogen-bond acceptors (Lipinski definition) is 6. The van der Waals surface area contributed by atoms with Gasteiger partial charge in [-0.3, -0.25) is 24.0 Å². The van der Waals surface area contributed by atoms with Crippen molar-refractivity contribution in [3.63, 3.8) is 0 Å². The molecule has 10 nitrogen and oxygen atoms in total. The van der Waals surface area contributed by atoms with Crippen LogP contribution in [0.25, 0.3) is 5.69 Å². The first-order chi connectivity index (χ1) is 26.2. The molecule has 6 rings (SSSR count). The minimum absolute atomic E-state index is 0.0826. The van der Waals surface area contributed by atoms with E-state index in [0.29, 0.717) is 34.9 Å². The van der Waals surface area contributed by atoms with Crippen molar-refractivity contribution in [2.75, 3.05) is 7.05 Å². The highest BCUT2D eigenvalue weighted by Gasteiger charge is 2.18. The largest absolute Gasteiger partial charge is 0.487 e. The number of H-pyrrole nitrogens is 1. The average Bonchev–Trinajstić information content (AvgIpc) is 3.67. The quantitative estimate of drug-likeness (QED) is 0.136. The number of carbonyl (C=O) groups is 1. The molecule has 0 saturated carbocycles. The predicted molar refractivity (Wildman–Crippen MR) is 202 cm³/mol. The molecule has 55 heavy (non-hydrogen) atoms. The van der Waals surface area contributed by atoms with Crippen molar-refractivity contribution in [1.29, 1.82) is 0 Å². The van der Waals surface area contributed by atoms with E-state index in [9.17, 15) is 31.9 Å². The van der Waals surface area contributed by atoms with Crippen LogP contribution >= 0.6 is 27.5 Å². The number of rotatable bonds is 10. The van der Waals surface area contributed by atoms with Gasteiger partial charge in [-0.2, -0.15) is 5.10 Å². The molecule has 0 aliphatic rings. The molecule has 0 unspecified atom stereocenters. The highest BCUT2D eigenvalue weighted by molar-refractivity contribution is 9.10. The molecule has 3 aromatic carbocycles. The monoisotopic (exact) mass is 841 g/mol. The summed E-state index contributed by atoms with van der Waals surface area (Å²) < 4.78 is 67.8. The second kappa shape index (κ2) is 17.6. The van der Waals surface area contributed by atoms with Crippen LogP contribution < -0.4 is 25.9 Å². The highest BCUT2D eigenvalue weighted by atomic mass is 79.9. The van der Waals surface area contributed by atoms with E-state index in [0.717, 1.165) is 35.5 Å². The molecule has 3 heterocycles. The lowest BCUT2D eigenvalue weighted by Crippen LogP contribution is -2.24. The number of amides is 1. The molecule has 2 N–H and O–H groups in total. The third-order valence-electron chi connectivity index (χ3n) is 8.34. The van der Waals surface area contributed by atoms with Crippen molar-refractivity contribution in [2.24, 2.45) is 0 Å². The van der Waals surface area contributed by atoms with Crippen molar-refractivity contribution < 1.29 is 31.8 Å². The maximum Gasteiger partial charge on any atom is 0.277 e. The van der Waals surface area contributed by atoms with Crippen LogP contribution in [0.15, 0.2) is 93.1 Å². The van der Waals surface area contributed by atoms with Gasteiger partial charge in [-0.15, -0.1) is 0 Å². The molecule has 0 bridgehead atoms. The lowest BCUT2D eigenvalue weighted by molar-refractivity contribution is 0.0963. The van der Waals surface area contributed by atoms with Gasteiger partial charge in [0.1, 0.15) is 57.5 Å². The molecular formula is C39H33BrClF4N5O5. The Bertz CT molecular complexity index is 2490. The summed E-state index contributed by atoms with van der Waals surface area (Å²) in [5, 5.41) is 9.01. The van der Waals surface area contributed by atoms with E-state index < -0.39 is 28.8 Å². The van der Waals surface area contributed by atoms with Crippen LogP contribution in [-0.4, -0.2) is 32.3 Å². The number of aromatic amines is 1. The summed E-state index contributed by atoms with van der Waals surface area (Å²) in [6, 6.07) is 16.4.